The molecule has 0 amide bonds. The van der Waals surface area contributed by atoms with Gasteiger partial charge in [-0.25, -0.2) is 4.98 Å². The van der Waals surface area contributed by atoms with Crippen molar-refractivity contribution in [2.24, 2.45) is 0 Å². The zero-order valence-corrected chi connectivity index (χ0v) is 6.97. The van der Waals surface area contributed by atoms with Crippen LogP contribution in [0, 0.1) is 13.8 Å². The van der Waals surface area contributed by atoms with Gasteiger partial charge >= 0.3 is 0 Å². The lowest BCUT2D eigenvalue weighted by Gasteiger charge is -1.89. The number of ketones is 1. The van der Waals surface area contributed by atoms with Crippen molar-refractivity contribution in [2.75, 3.05) is 0 Å². The molecule has 1 aromatic rings. The van der Waals surface area contributed by atoms with Crippen molar-refractivity contribution in [3.63, 3.8) is 0 Å². The maximum absolute atomic E-state index is 10.7. The van der Waals surface area contributed by atoms with Crippen LogP contribution in [0.3, 0.4) is 0 Å². The Morgan fingerprint density at radius 2 is 2.18 bits per heavy atom. The fourth-order valence-corrected chi connectivity index (χ4v) is 0.964. The third-order valence-corrected chi connectivity index (χ3v) is 1.41. The van der Waals surface area contributed by atoms with Crippen LogP contribution in [0.2, 0.25) is 0 Å². The molecule has 3 nitrogen and oxygen atoms in total. The number of carbonyl (C=O) groups is 1. The van der Waals surface area contributed by atoms with Crippen LogP contribution in [-0.4, -0.2) is 10.8 Å². The van der Waals surface area contributed by atoms with Crippen LogP contribution in [-0.2, 0) is 11.2 Å². The minimum Gasteiger partial charge on any atom is -0.445 e. The topological polar surface area (TPSA) is 43.1 Å². The molecule has 0 aliphatic heterocycles. The molecule has 0 atom stereocenters. The van der Waals surface area contributed by atoms with Crippen LogP contribution < -0.4 is 0 Å². The highest BCUT2D eigenvalue weighted by Gasteiger charge is 2.07. The van der Waals surface area contributed by atoms with E-state index in [4.69, 9.17) is 4.42 Å². The Hall–Kier alpha value is -1.12. The van der Waals surface area contributed by atoms with Crippen LogP contribution in [0.25, 0.3) is 0 Å². The van der Waals surface area contributed by atoms with Gasteiger partial charge in [-0.3, -0.25) is 4.79 Å². The molecule has 0 aromatic carbocycles. The number of oxazole rings is 1. The Bertz CT molecular complexity index is 276. The monoisotopic (exact) mass is 153 g/mol. The first-order chi connectivity index (χ1) is 5.09. The molecule has 1 rings (SSSR count). The number of Topliss-reactive ketones (excluding diaryl/α,β-unsaturated/α-hetero) is 1. The predicted octanol–water partition coefficient (Wildman–Crippen LogP) is 1.42. The van der Waals surface area contributed by atoms with E-state index in [1.54, 1.807) is 6.92 Å². The summed E-state index contributed by atoms with van der Waals surface area (Å²) < 4.78 is 5.19. The van der Waals surface area contributed by atoms with Gasteiger partial charge in [-0.15, -0.1) is 0 Å². The molecule has 0 aliphatic carbocycles. The van der Waals surface area contributed by atoms with Gasteiger partial charge in [0.2, 0.25) is 0 Å². The first-order valence-corrected chi connectivity index (χ1v) is 3.52. The van der Waals surface area contributed by atoms with Gasteiger partial charge in [0.05, 0.1) is 12.1 Å². The quantitative estimate of drug-likeness (QED) is 0.645. The maximum atomic E-state index is 10.7. The highest BCUT2D eigenvalue weighted by Crippen LogP contribution is 2.09. The third-order valence-electron chi connectivity index (χ3n) is 1.41. The lowest BCUT2D eigenvalue weighted by molar-refractivity contribution is -0.116. The summed E-state index contributed by atoms with van der Waals surface area (Å²) in [5, 5.41) is 0. The van der Waals surface area contributed by atoms with Crippen molar-refractivity contribution in [3.05, 3.63) is 17.3 Å². The van der Waals surface area contributed by atoms with E-state index in [1.807, 2.05) is 6.92 Å². The molecule has 11 heavy (non-hydrogen) atoms. The molecule has 0 spiro atoms. The molecule has 0 aliphatic rings. The summed E-state index contributed by atoms with van der Waals surface area (Å²) in [6.45, 7) is 5.16. The van der Waals surface area contributed by atoms with E-state index in [0.717, 1.165) is 5.69 Å². The summed E-state index contributed by atoms with van der Waals surface area (Å²) in [6.07, 6.45) is 0.354. The summed E-state index contributed by atoms with van der Waals surface area (Å²) in [6, 6.07) is 0. The van der Waals surface area contributed by atoms with Crippen LogP contribution >= 0.6 is 0 Å². The smallest absolute Gasteiger partial charge is 0.191 e. The SMILES string of the molecule is CC(=O)Cc1oc(C)nc1C. The molecular weight excluding hydrogens is 142 g/mol. The number of hydrogen-bond acceptors (Lipinski definition) is 3. The van der Waals surface area contributed by atoms with Crippen molar-refractivity contribution < 1.29 is 9.21 Å². The summed E-state index contributed by atoms with van der Waals surface area (Å²) in [4.78, 5) is 14.7. The van der Waals surface area contributed by atoms with Crippen LogP contribution in [0.15, 0.2) is 4.42 Å². The average Bonchev–Trinajstić information content (AvgIpc) is 2.09. The van der Waals surface area contributed by atoms with Crippen LogP contribution in [0.5, 0.6) is 0 Å². The molecule has 0 unspecified atom stereocenters. The zero-order chi connectivity index (χ0) is 8.43. The van der Waals surface area contributed by atoms with Crippen molar-refractivity contribution >= 4 is 5.78 Å². The summed E-state index contributed by atoms with van der Waals surface area (Å²) in [5.74, 6) is 1.41. The number of rotatable bonds is 2. The van der Waals surface area contributed by atoms with Gasteiger partial charge in [-0.2, -0.15) is 0 Å². The largest absolute Gasteiger partial charge is 0.445 e. The fraction of sp³-hybridized carbons (Fsp3) is 0.500. The van der Waals surface area contributed by atoms with E-state index in [2.05, 4.69) is 4.98 Å². The van der Waals surface area contributed by atoms with Gasteiger partial charge in [-0.1, -0.05) is 0 Å². The summed E-state index contributed by atoms with van der Waals surface area (Å²) in [7, 11) is 0. The second-order valence-electron chi connectivity index (χ2n) is 2.62. The van der Waals surface area contributed by atoms with Gasteiger partial charge < -0.3 is 4.42 Å². The zero-order valence-electron chi connectivity index (χ0n) is 6.97. The fourth-order valence-electron chi connectivity index (χ4n) is 0.964. The minimum atomic E-state index is 0.101. The van der Waals surface area contributed by atoms with Gasteiger partial charge in [0.25, 0.3) is 0 Å². The first-order valence-electron chi connectivity index (χ1n) is 3.52. The molecule has 0 radical (unpaired) electrons. The van der Waals surface area contributed by atoms with Crippen LogP contribution in [0.1, 0.15) is 24.3 Å². The van der Waals surface area contributed by atoms with E-state index in [9.17, 15) is 4.79 Å². The molecule has 60 valence electrons. The van der Waals surface area contributed by atoms with E-state index in [-0.39, 0.29) is 5.78 Å². The predicted molar refractivity (Wildman–Crippen MR) is 40.4 cm³/mol. The molecule has 0 fully saturated rings. The lowest BCUT2D eigenvalue weighted by atomic mass is 10.2. The molecule has 0 N–H and O–H groups in total. The minimum absolute atomic E-state index is 0.101. The lowest BCUT2D eigenvalue weighted by Crippen LogP contribution is -1.95. The number of carbonyl (C=O) groups excluding carboxylic acids is 1. The maximum Gasteiger partial charge on any atom is 0.191 e. The standard InChI is InChI=1S/C8H11NO2/c1-5(10)4-8-6(2)9-7(3)11-8/h4H2,1-3H3. The molecule has 0 bridgehead atoms. The Morgan fingerprint density at radius 1 is 1.55 bits per heavy atom. The van der Waals surface area contributed by atoms with Gasteiger partial charge in [0.1, 0.15) is 11.5 Å². The highest BCUT2D eigenvalue weighted by molar-refractivity contribution is 5.77. The van der Waals surface area contributed by atoms with E-state index >= 15 is 0 Å². The van der Waals surface area contributed by atoms with Gasteiger partial charge in [0, 0.05) is 6.92 Å². The molecule has 0 saturated heterocycles. The molecule has 3 heteroatoms. The van der Waals surface area contributed by atoms with Gasteiger partial charge in [0.15, 0.2) is 5.89 Å². The number of aryl methyl sites for hydroxylation is 2. The van der Waals surface area contributed by atoms with Crippen molar-refractivity contribution in [2.45, 2.75) is 27.2 Å². The van der Waals surface area contributed by atoms with E-state index < -0.39 is 0 Å². The van der Waals surface area contributed by atoms with Crippen molar-refractivity contribution in [3.8, 4) is 0 Å². The highest BCUT2D eigenvalue weighted by atomic mass is 16.4. The van der Waals surface area contributed by atoms with Crippen LogP contribution in [0.4, 0.5) is 0 Å². The Labute approximate surface area is 65.4 Å². The third kappa shape index (κ3) is 1.90. The molecule has 1 aromatic heterocycles. The van der Waals surface area contributed by atoms with Crippen molar-refractivity contribution in [1.29, 1.82) is 0 Å². The van der Waals surface area contributed by atoms with E-state index in [0.29, 0.717) is 18.1 Å². The molecule has 0 saturated carbocycles. The second-order valence-corrected chi connectivity index (χ2v) is 2.62. The van der Waals surface area contributed by atoms with E-state index in [1.165, 1.54) is 6.92 Å². The molecular formula is C8H11NO2. The summed E-state index contributed by atoms with van der Waals surface area (Å²) >= 11 is 0. The summed E-state index contributed by atoms with van der Waals surface area (Å²) in [5.41, 5.74) is 0.817. The van der Waals surface area contributed by atoms with Gasteiger partial charge in [-0.05, 0) is 13.8 Å². The Balaban J connectivity index is 2.85. The molecule has 1 heterocycles. The Kier molecular flexibility index (Phi) is 2.08. The Morgan fingerprint density at radius 3 is 2.55 bits per heavy atom. The van der Waals surface area contributed by atoms with Crippen molar-refractivity contribution in [1.82, 2.24) is 4.98 Å². The average molecular weight is 153 g/mol. The second kappa shape index (κ2) is 2.86. The first kappa shape index (κ1) is 7.98. The number of nitrogens with zero attached hydrogens (tertiary/aromatic N) is 1. The normalized spacial score (nSPS) is 10.1. The number of aromatic nitrogens is 1. The number of hydrogen-bond donors (Lipinski definition) is 0.